The van der Waals surface area contributed by atoms with Gasteiger partial charge in [-0.2, -0.15) is 5.10 Å². The number of hydrogen-bond acceptors (Lipinski definition) is 6. The van der Waals surface area contributed by atoms with Crippen LogP contribution < -0.4 is 4.90 Å². The lowest BCUT2D eigenvalue weighted by atomic mass is 10.0. The van der Waals surface area contributed by atoms with Crippen molar-refractivity contribution in [3.8, 4) is 0 Å². The number of fused-ring (bicyclic) bond motifs is 1. The van der Waals surface area contributed by atoms with Gasteiger partial charge < -0.3 is 14.7 Å². The molecule has 1 saturated carbocycles. The third-order valence-electron chi connectivity index (χ3n) is 3.35. The van der Waals surface area contributed by atoms with Gasteiger partial charge in [0.1, 0.15) is 5.76 Å². The fraction of sp³-hybridized carbons (Fsp3) is 0.462. The van der Waals surface area contributed by atoms with E-state index in [1.54, 1.807) is 13.0 Å². The van der Waals surface area contributed by atoms with E-state index < -0.39 is 5.97 Å². The van der Waals surface area contributed by atoms with Crippen LogP contribution in [0.5, 0.6) is 0 Å². The van der Waals surface area contributed by atoms with Crippen LogP contribution in [0.1, 0.15) is 25.3 Å². The van der Waals surface area contributed by atoms with Gasteiger partial charge in [-0.25, -0.2) is 4.79 Å². The van der Waals surface area contributed by atoms with Crippen molar-refractivity contribution >= 4 is 17.5 Å². The van der Waals surface area contributed by atoms with Crippen LogP contribution in [0.25, 0.3) is 5.76 Å². The van der Waals surface area contributed by atoms with Crippen molar-refractivity contribution in [1.82, 2.24) is 10.2 Å². The molecule has 6 nitrogen and oxygen atoms in total. The molecule has 2 heterocycles. The summed E-state index contributed by atoms with van der Waals surface area (Å²) < 4.78 is 5.00. The van der Waals surface area contributed by atoms with E-state index in [4.69, 9.17) is 4.74 Å². The van der Waals surface area contributed by atoms with Gasteiger partial charge in [0.05, 0.1) is 30.5 Å². The predicted molar refractivity (Wildman–Crippen MR) is 68.6 cm³/mol. The molecule has 1 fully saturated rings. The number of aliphatic hydroxyl groups is 1. The fourth-order valence-electron chi connectivity index (χ4n) is 2.27. The molecule has 100 valence electrons. The third-order valence-corrected chi connectivity index (χ3v) is 3.35. The van der Waals surface area contributed by atoms with Gasteiger partial charge in [-0.3, -0.25) is 0 Å². The molecule has 0 unspecified atom stereocenters. The highest BCUT2D eigenvalue weighted by atomic mass is 16.5. The van der Waals surface area contributed by atoms with Crippen LogP contribution in [0.3, 0.4) is 0 Å². The van der Waals surface area contributed by atoms with E-state index in [2.05, 4.69) is 10.2 Å². The smallest absolute Gasteiger partial charge is 0.339 e. The number of carbonyl (C=O) groups is 1. The maximum absolute atomic E-state index is 11.9. The van der Waals surface area contributed by atoms with Crippen molar-refractivity contribution < 1.29 is 14.6 Å². The van der Waals surface area contributed by atoms with E-state index in [1.165, 1.54) is 6.20 Å². The van der Waals surface area contributed by atoms with Gasteiger partial charge in [0.2, 0.25) is 0 Å². The molecule has 0 saturated heterocycles. The largest absolute Gasteiger partial charge is 0.507 e. The Morgan fingerprint density at radius 1 is 1.58 bits per heavy atom. The molecule has 3 rings (SSSR count). The number of carbonyl (C=O) groups excluding carboxylic acids is 1. The first kappa shape index (κ1) is 12.0. The standard InChI is InChI=1S/C13H15N3O3/c1-2-19-13(18)10-7-16(8-3-4-8)12-9(11(10)17)5-6-14-15-12/h5-6,8,17H,2-4,7H2,1H3. The Morgan fingerprint density at radius 3 is 3.05 bits per heavy atom. The van der Waals surface area contributed by atoms with Crippen LogP contribution >= 0.6 is 0 Å². The number of rotatable bonds is 3. The highest BCUT2D eigenvalue weighted by Gasteiger charge is 2.38. The van der Waals surface area contributed by atoms with Gasteiger partial charge in [0.25, 0.3) is 0 Å². The number of esters is 1. The Balaban J connectivity index is 2.03. The Bertz CT molecular complexity index is 552. The monoisotopic (exact) mass is 261 g/mol. The highest BCUT2D eigenvalue weighted by molar-refractivity contribution is 5.99. The Kier molecular flexibility index (Phi) is 2.85. The van der Waals surface area contributed by atoms with Crippen LogP contribution in [-0.2, 0) is 9.53 Å². The molecule has 19 heavy (non-hydrogen) atoms. The SMILES string of the molecule is CCOC(=O)C1=C(O)c2ccnnc2N(C2CC2)C1. The van der Waals surface area contributed by atoms with E-state index in [9.17, 15) is 9.90 Å². The second kappa shape index (κ2) is 4.53. The molecular formula is C13H15N3O3. The second-order valence-corrected chi connectivity index (χ2v) is 4.68. The van der Waals surface area contributed by atoms with E-state index in [1.807, 2.05) is 4.90 Å². The van der Waals surface area contributed by atoms with E-state index in [0.717, 1.165) is 12.8 Å². The molecule has 0 spiro atoms. The molecule has 0 radical (unpaired) electrons. The average Bonchev–Trinajstić information content (AvgIpc) is 3.24. The summed E-state index contributed by atoms with van der Waals surface area (Å²) in [5.74, 6) is 0.143. The lowest BCUT2D eigenvalue weighted by Gasteiger charge is -2.30. The van der Waals surface area contributed by atoms with E-state index in [0.29, 0.717) is 36.1 Å². The summed E-state index contributed by atoms with van der Waals surface area (Å²) in [4.78, 5) is 13.9. The maximum Gasteiger partial charge on any atom is 0.339 e. The minimum Gasteiger partial charge on any atom is -0.507 e. The normalized spacial score (nSPS) is 18.3. The van der Waals surface area contributed by atoms with Gasteiger partial charge in [-0.15, -0.1) is 5.10 Å². The van der Waals surface area contributed by atoms with Crippen molar-refractivity contribution in [3.05, 3.63) is 23.4 Å². The molecule has 0 amide bonds. The Labute approximate surface area is 110 Å². The number of aliphatic hydroxyl groups excluding tert-OH is 1. The van der Waals surface area contributed by atoms with E-state index >= 15 is 0 Å². The molecule has 2 aliphatic rings. The lowest BCUT2D eigenvalue weighted by Crippen LogP contribution is -2.35. The summed E-state index contributed by atoms with van der Waals surface area (Å²) in [5.41, 5.74) is 0.852. The Hall–Kier alpha value is -2.11. The number of nitrogens with zero attached hydrogens (tertiary/aromatic N) is 3. The fourth-order valence-corrected chi connectivity index (χ4v) is 2.27. The summed E-state index contributed by atoms with van der Waals surface area (Å²) in [6.45, 7) is 2.37. The van der Waals surface area contributed by atoms with Crippen LogP contribution in [0, 0.1) is 0 Å². The van der Waals surface area contributed by atoms with Crippen LogP contribution in [0.15, 0.2) is 17.8 Å². The van der Waals surface area contributed by atoms with Crippen LogP contribution in [0.4, 0.5) is 5.82 Å². The quantitative estimate of drug-likeness (QED) is 0.826. The zero-order chi connectivity index (χ0) is 13.4. The second-order valence-electron chi connectivity index (χ2n) is 4.68. The number of ether oxygens (including phenoxy) is 1. The number of hydrogen-bond donors (Lipinski definition) is 1. The van der Waals surface area contributed by atoms with Crippen LogP contribution in [0.2, 0.25) is 0 Å². The first-order chi connectivity index (χ1) is 9.22. The maximum atomic E-state index is 11.9. The molecule has 0 aromatic carbocycles. The number of aromatic nitrogens is 2. The zero-order valence-corrected chi connectivity index (χ0v) is 10.7. The summed E-state index contributed by atoms with van der Waals surface area (Å²) in [7, 11) is 0. The molecule has 6 heteroatoms. The van der Waals surface area contributed by atoms with Crippen molar-refractivity contribution in [2.45, 2.75) is 25.8 Å². The molecule has 1 aliphatic heterocycles. The van der Waals surface area contributed by atoms with Gasteiger partial charge in [-0.05, 0) is 25.8 Å². The van der Waals surface area contributed by atoms with E-state index in [-0.39, 0.29) is 5.76 Å². The molecule has 0 atom stereocenters. The molecule has 1 aromatic heterocycles. The average molecular weight is 261 g/mol. The van der Waals surface area contributed by atoms with Gasteiger partial charge >= 0.3 is 5.97 Å². The lowest BCUT2D eigenvalue weighted by molar-refractivity contribution is -0.138. The summed E-state index contributed by atoms with van der Waals surface area (Å²) in [6.07, 6.45) is 3.66. The van der Waals surface area contributed by atoms with Crippen molar-refractivity contribution in [2.75, 3.05) is 18.1 Å². The molecule has 1 aromatic rings. The van der Waals surface area contributed by atoms with Gasteiger partial charge in [0.15, 0.2) is 5.82 Å². The summed E-state index contributed by atoms with van der Waals surface area (Å²) >= 11 is 0. The number of anilines is 1. The summed E-state index contributed by atoms with van der Waals surface area (Å²) in [5, 5.41) is 18.2. The molecule has 0 bridgehead atoms. The summed E-state index contributed by atoms with van der Waals surface area (Å²) in [6, 6.07) is 2.05. The topological polar surface area (TPSA) is 75.5 Å². The first-order valence-electron chi connectivity index (χ1n) is 6.40. The predicted octanol–water partition coefficient (Wildman–Crippen LogP) is 1.29. The molecule has 1 N–H and O–H groups in total. The zero-order valence-electron chi connectivity index (χ0n) is 10.7. The van der Waals surface area contributed by atoms with Crippen LogP contribution in [-0.4, -0.2) is 40.5 Å². The van der Waals surface area contributed by atoms with Gasteiger partial charge in [-0.1, -0.05) is 0 Å². The van der Waals surface area contributed by atoms with Gasteiger partial charge in [0, 0.05) is 6.04 Å². The minimum absolute atomic E-state index is 0.0414. The minimum atomic E-state index is -0.465. The highest BCUT2D eigenvalue weighted by Crippen LogP contribution is 2.38. The van der Waals surface area contributed by atoms with Crippen molar-refractivity contribution in [1.29, 1.82) is 0 Å². The molecule has 1 aliphatic carbocycles. The third kappa shape index (κ3) is 2.03. The van der Waals surface area contributed by atoms with Crippen molar-refractivity contribution in [3.63, 3.8) is 0 Å². The Morgan fingerprint density at radius 2 is 2.37 bits per heavy atom. The molecular weight excluding hydrogens is 246 g/mol. The van der Waals surface area contributed by atoms with Crippen molar-refractivity contribution in [2.24, 2.45) is 0 Å². The first-order valence-corrected chi connectivity index (χ1v) is 6.40.